The SMILES string of the molecule is COc1cccc(NC(=O)N2CCN(Cc3nc(-c4cccc(Cl)c4)oc3C)CC2)c1. The number of benzene rings is 2. The van der Waals surface area contributed by atoms with E-state index in [1.165, 1.54) is 0 Å². The molecular formula is C23H25ClN4O3. The van der Waals surface area contributed by atoms with Crippen molar-refractivity contribution in [2.45, 2.75) is 13.5 Å². The minimum atomic E-state index is -0.103. The third-order valence-corrected chi connectivity index (χ3v) is 5.55. The summed E-state index contributed by atoms with van der Waals surface area (Å²) < 4.78 is 11.1. The first-order valence-corrected chi connectivity index (χ1v) is 10.5. The van der Waals surface area contributed by atoms with Crippen LogP contribution in [0.1, 0.15) is 11.5 Å². The second kappa shape index (κ2) is 9.41. The molecule has 3 aromatic rings. The number of hydrogen-bond acceptors (Lipinski definition) is 5. The van der Waals surface area contributed by atoms with Crippen molar-refractivity contribution in [2.24, 2.45) is 0 Å². The first-order chi connectivity index (χ1) is 15.0. The van der Waals surface area contributed by atoms with Crippen molar-refractivity contribution >= 4 is 23.3 Å². The van der Waals surface area contributed by atoms with E-state index in [9.17, 15) is 4.79 Å². The van der Waals surface area contributed by atoms with Crippen LogP contribution < -0.4 is 10.1 Å². The molecule has 0 radical (unpaired) electrons. The summed E-state index contributed by atoms with van der Waals surface area (Å²) in [5.41, 5.74) is 2.49. The van der Waals surface area contributed by atoms with E-state index in [-0.39, 0.29) is 6.03 Å². The molecular weight excluding hydrogens is 416 g/mol. The molecule has 0 atom stereocenters. The van der Waals surface area contributed by atoms with Crippen LogP contribution in [0.2, 0.25) is 5.02 Å². The van der Waals surface area contributed by atoms with Gasteiger partial charge >= 0.3 is 6.03 Å². The van der Waals surface area contributed by atoms with Crippen LogP contribution in [-0.2, 0) is 6.54 Å². The zero-order valence-corrected chi connectivity index (χ0v) is 18.4. The highest BCUT2D eigenvalue weighted by Gasteiger charge is 2.23. The Morgan fingerprint density at radius 3 is 2.68 bits per heavy atom. The van der Waals surface area contributed by atoms with Crippen molar-refractivity contribution in [1.82, 2.24) is 14.8 Å². The lowest BCUT2D eigenvalue weighted by molar-refractivity contribution is 0.141. The van der Waals surface area contributed by atoms with Crippen LogP contribution in [0.4, 0.5) is 10.5 Å². The van der Waals surface area contributed by atoms with Crippen LogP contribution in [0.25, 0.3) is 11.5 Å². The second-order valence-electron chi connectivity index (χ2n) is 7.46. The molecule has 2 aromatic carbocycles. The second-order valence-corrected chi connectivity index (χ2v) is 7.89. The van der Waals surface area contributed by atoms with Crippen molar-refractivity contribution in [2.75, 3.05) is 38.6 Å². The third kappa shape index (κ3) is 5.18. The maximum Gasteiger partial charge on any atom is 0.321 e. The lowest BCUT2D eigenvalue weighted by atomic mass is 10.2. The van der Waals surface area contributed by atoms with E-state index in [2.05, 4.69) is 15.2 Å². The Bertz CT molecular complexity index is 1060. The molecule has 1 N–H and O–H groups in total. The summed E-state index contributed by atoms with van der Waals surface area (Å²) in [6, 6.07) is 14.7. The Hall–Kier alpha value is -3.03. The van der Waals surface area contributed by atoms with Gasteiger partial charge in [0.05, 0.1) is 12.8 Å². The average Bonchev–Trinajstić information content (AvgIpc) is 3.14. The number of aryl methyl sites for hydroxylation is 1. The van der Waals surface area contributed by atoms with Gasteiger partial charge in [-0.2, -0.15) is 0 Å². The van der Waals surface area contributed by atoms with Gasteiger partial charge in [0.15, 0.2) is 0 Å². The van der Waals surface area contributed by atoms with E-state index in [1.54, 1.807) is 13.2 Å². The minimum absolute atomic E-state index is 0.103. The average molecular weight is 441 g/mol. The van der Waals surface area contributed by atoms with E-state index in [0.29, 0.717) is 36.3 Å². The summed E-state index contributed by atoms with van der Waals surface area (Å²) in [5.74, 6) is 2.09. The van der Waals surface area contributed by atoms with Gasteiger partial charge in [-0.1, -0.05) is 23.7 Å². The van der Waals surface area contributed by atoms with Gasteiger partial charge in [0.25, 0.3) is 0 Å². The molecule has 7 nitrogen and oxygen atoms in total. The number of hydrogen-bond donors (Lipinski definition) is 1. The van der Waals surface area contributed by atoms with Gasteiger partial charge in [0.2, 0.25) is 5.89 Å². The smallest absolute Gasteiger partial charge is 0.321 e. The highest BCUT2D eigenvalue weighted by Crippen LogP contribution is 2.25. The molecule has 31 heavy (non-hydrogen) atoms. The maximum absolute atomic E-state index is 12.6. The van der Waals surface area contributed by atoms with E-state index in [1.807, 2.05) is 54.3 Å². The third-order valence-electron chi connectivity index (χ3n) is 5.32. The summed E-state index contributed by atoms with van der Waals surface area (Å²) in [7, 11) is 1.61. The predicted molar refractivity (Wildman–Crippen MR) is 121 cm³/mol. The van der Waals surface area contributed by atoms with Crippen molar-refractivity contribution in [3.05, 3.63) is 65.0 Å². The number of nitrogens with zero attached hydrogens (tertiary/aromatic N) is 3. The number of piperazine rings is 1. The van der Waals surface area contributed by atoms with E-state index >= 15 is 0 Å². The van der Waals surface area contributed by atoms with Crippen molar-refractivity contribution in [1.29, 1.82) is 0 Å². The number of rotatable bonds is 5. The summed E-state index contributed by atoms with van der Waals surface area (Å²) in [5, 5.41) is 3.59. The van der Waals surface area contributed by atoms with Crippen LogP contribution in [0.5, 0.6) is 5.75 Å². The normalized spacial score (nSPS) is 14.5. The molecule has 1 fully saturated rings. The highest BCUT2D eigenvalue weighted by atomic mass is 35.5. The minimum Gasteiger partial charge on any atom is -0.497 e. The van der Waals surface area contributed by atoms with Gasteiger partial charge in [0.1, 0.15) is 11.5 Å². The predicted octanol–water partition coefficient (Wildman–Crippen LogP) is 4.66. The fourth-order valence-electron chi connectivity index (χ4n) is 3.54. The first-order valence-electron chi connectivity index (χ1n) is 10.2. The van der Waals surface area contributed by atoms with Crippen LogP contribution in [0.3, 0.4) is 0 Å². The molecule has 1 aliphatic heterocycles. The Kier molecular flexibility index (Phi) is 6.44. The van der Waals surface area contributed by atoms with Crippen molar-refractivity contribution in [3.8, 4) is 17.2 Å². The van der Waals surface area contributed by atoms with Crippen LogP contribution >= 0.6 is 11.6 Å². The number of amides is 2. The van der Waals surface area contributed by atoms with Gasteiger partial charge in [-0.3, -0.25) is 4.90 Å². The standard InChI is InChI=1S/C23H25ClN4O3/c1-16-21(26-22(31-16)17-5-3-6-18(24)13-17)15-27-9-11-28(12-10-27)23(29)25-19-7-4-8-20(14-19)30-2/h3-8,13-14H,9-12,15H2,1-2H3,(H,25,29). The number of carbonyl (C=O) groups excluding carboxylic acids is 1. The highest BCUT2D eigenvalue weighted by molar-refractivity contribution is 6.30. The molecule has 0 saturated carbocycles. The Labute approximate surface area is 186 Å². The lowest BCUT2D eigenvalue weighted by Crippen LogP contribution is -2.49. The lowest BCUT2D eigenvalue weighted by Gasteiger charge is -2.34. The molecule has 8 heteroatoms. The molecule has 1 aromatic heterocycles. The quantitative estimate of drug-likeness (QED) is 0.624. The fraction of sp³-hybridized carbons (Fsp3) is 0.304. The van der Waals surface area contributed by atoms with Gasteiger partial charge in [0, 0.05) is 55.1 Å². The molecule has 1 aliphatic rings. The number of ether oxygens (including phenoxy) is 1. The summed E-state index contributed by atoms with van der Waals surface area (Å²) in [4.78, 5) is 21.4. The molecule has 2 heterocycles. The van der Waals surface area contributed by atoms with Crippen LogP contribution in [-0.4, -0.2) is 54.1 Å². The summed E-state index contributed by atoms with van der Waals surface area (Å²) in [6.45, 7) is 5.44. The Morgan fingerprint density at radius 2 is 1.94 bits per heavy atom. The van der Waals surface area contributed by atoms with E-state index in [4.69, 9.17) is 20.8 Å². The number of oxazole rings is 1. The van der Waals surface area contributed by atoms with E-state index < -0.39 is 0 Å². The molecule has 2 amide bonds. The summed E-state index contributed by atoms with van der Waals surface area (Å²) in [6.07, 6.45) is 0. The Morgan fingerprint density at radius 1 is 1.16 bits per heavy atom. The molecule has 0 aliphatic carbocycles. The van der Waals surface area contributed by atoms with E-state index in [0.717, 1.165) is 35.8 Å². The molecule has 1 saturated heterocycles. The van der Waals surface area contributed by atoms with Crippen molar-refractivity contribution in [3.63, 3.8) is 0 Å². The van der Waals surface area contributed by atoms with Gasteiger partial charge in [-0.05, 0) is 37.3 Å². The zero-order valence-electron chi connectivity index (χ0n) is 17.6. The number of carbonyl (C=O) groups is 1. The molecule has 0 bridgehead atoms. The number of methoxy groups -OCH3 is 1. The largest absolute Gasteiger partial charge is 0.497 e. The summed E-state index contributed by atoms with van der Waals surface area (Å²) >= 11 is 6.08. The Balaban J connectivity index is 1.32. The van der Waals surface area contributed by atoms with Crippen molar-refractivity contribution < 1.29 is 13.9 Å². The maximum atomic E-state index is 12.6. The molecule has 0 unspecified atom stereocenters. The van der Waals surface area contributed by atoms with Crippen LogP contribution in [0.15, 0.2) is 52.9 Å². The van der Waals surface area contributed by atoms with Gasteiger partial charge in [-0.25, -0.2) is 9.78 Å². The zero-order chi connectivity index (χ0) is 21.8. The number of aromatic nitrogens is 1. The van der Waals surface area contributed by atoms with Gasteiger partial charge in [-0.15, -0.1) is 0 Å². The topological polar surface area (TPSA) is 70.8 Å². The molecule has 0 spiro atoms. The molecule has 162 valence electrons. The number of nitrogens with one attached hydrogen (secondary N) is 1. The molecule has 4 rings (SSSR count). The fourth-order valence-corrected chi connectivity index (χ4v) is 3.73. The number of urea groups is 1. The number of halogens is 1. The van der Waals surface area contributed by atoms with Gasteiger partial charge < -0.3 is 19.4 Å². The van der Waals surface area contributed by atoms with Crippen LogP contribution in [0, 0.1) is 6.92 Å². The monoisotopic (exact) mass is 440 g/mol. The number of anilines is 1. The first kappa shape index (κ1) is 21.2.